The fourth-order valence-electron chi connectivity index (χ4n) is 4.80. The van der Waals surface area contributed by atoms with Crippen molar-refractivity contribution in [1.29, 1.82) is 5.26 Å². The van der Waals surface area contributed by atoms with Gasteiger partial charge in [-0.1, -0.05) is 0 Å². The number of hydrogen-bond donors (Lipinski definition) is 2. The second kappa shape index (κ2) is 8.81. The molecule has 4 rings (SSSR count). The van der Waals surface area contributed by atoms with E-state index in [9.17, 15) is 0 Å². The Balaban J connectivity index is 1.35. The van der Waals surface area contributed by atoms with Crippen LogP contribution in [0, 0.1) is 17.2 Å². The maximum absolute atomic E-state index is 9.04. The van der Waals surface area contributed by atoms with Crippen LogP contribution in [0.15, 0.2) is 21.2 Å². The molecule has 0 radical (unpaired) electrons. The van der Waals surface area contributed by atoms with Crippen molar-refractivity contribution in [2.45, 2.75) is 50.6 Å². The number of furan rings is 1. The maximum atomic E-state index is 9.04. The fraction of sp³-hybridized carbons (Fsp3) is 0.619. The highest BCUT2D eigenvalue weighted by Gasteiger charge is 2.29. The summed E-state index contributed by atoms with van der Waals surface area (Å²) in [7, 11) is 2.06. The van der Waals surface area contributed by atoms with Gasteiger partial charge in [0, 0.05) is 30.1 Å². The van der Waals surface area contributed by atoms with Crippen molar-refractivity contribution in [2.75, 3.05) is 32.0 Å². The molecule has 150 valence electrons. The van der Waals surface area contributed by atoms with Crippen LogP contribution in [-0.2, 0) is 0 Å². The predicted molar refractivity (Wildman–Crippen MR) is 114 cm³/mol. The summed E-state index contributed by atoms with van der Waals surface area (Å²) in [5.74, 6) is 1.95. The number of rotatable bonds is 5. The number of fused-ring (bicyclic) bond motifs is 1. The number of aromatic nitrogens is 1. The Labute approximate surface area is 174 Å². The van der Waals surface area contributed by atoms with Crippen molar-refractivity contribution in [3.05, 3.63) is 22.5 Å². The standard InChI is InChI=1S/C21H28BrN5O/c1-24-11-14-3-2-8-27(13-14)16-6-4-15(5-7-16)26-21-20(22)18-9-17(10-23)28-19(18)12-25-21/h9,12,14-16,24H,2-8,11,13H2,1H3,(H,25,26)/t14-,15?,16?/m0/s1. The van der Waals surface area contributed by atoms with Crippen LogP contribution in [-0.4, -0.2) is 48.6 Å². The van der Waals surface area contributed by atoms with E-state index in [2.05, 4.69) is 43.5 Å². The van der Waals surface area contributed by atoms with Gasteiger partial charge in [-0.25, -0.2) is 4.98 Å². The summed E-state index contributed by atoms with van der Waals surface area (Å²) in [6, 6.07) is 4.98. The molecule has 3 heterocycles. The van der Waals surface area contributed by atoms with E-state index in [0.717, 1.165) is 34.2 Å². The molecule has 1 saturated carbocycles. The van der Waals surface area contributed by atoms with Crippen molar-refractivity contribution in [2.24, 2.45) is 5.92 Å². The van der Waals surface area contributed by atoms with Crippen LogP contribution in [0.25, 0.3) is 11.0 Å². The molecule has 2 aromatic rings. The molecule has 0 unspecified atom stereocenters. The lowest BCUT2D eigenvalue weighted by atomic mass is 9.87. The summed E-state index contributed by atoms with van der Waals surface area (Å²) in [6.45, 7) is 3.64. The second-order valence-electron chi connectivity index (χ2n) is 8.13. The van der Waals surface area contributed by atoms with Crippen molar-refractivity contribution in [3.63, 3.8) is 0 Å². The van der Waals surface area contributed by atoms with E-state index < -0.39 is 0 Å². The minimum Gasteiger partial charge on any atom is -0.444 e. The molecule has 28 heavy (non-hydrogen) atoms. The van der Waals surface area contributed by atoms with E-state index in [1.54, 1.807) is 12.3 Å². The summed E-state index contributed by atoms with van der Waals surface area (Å²) in [5.41, 5.74) is 0.638. The molecular formula is C21H28BrN5O. The lowest BCUT2D eigenvalue weighted by Crippen LogP contribution is -2.47. The summed E-state index contributed by atoms with van der Waals surface area (Å²) >= 11 is 3.64. The van der Waals surface area contributed by atoms with Gasteiger partial charge in [0.25, 0.3) is 0 Å². The molecule has 2 N–H and O–H groups in total. The Morgan fingerprint density at radius 3 is 2.89 bits per heavy atom. The number of nitriles is 1. The molecule has 1 aliphatic heterocycles. The van der Waals surface area contributed by atoms with E-state index in [1.807, 2.05) is 6.07 Å². The van der Waals surface area contributed by atoms with Gasteiger partial charge >= 0.3 is 0 Å². The van der Waals surface area contributed by atoms with Gasteiger partial charge in [-0.3, -0.25) is 0 Å². The van der Waals surface area contributed by atoms with Crippen LogP contribution in [0.3, 0.4) is 0 Å². The first kappa shape index (κ1) is 19.7. The molecular weight excluding hydrogens is 418 g/mol. The summed E-state index contributed by atoms with van der Waals surface area (Å²) < 4.78 is 6.34. The lowest BCUT2D eigenvalue weighted by Gasteiger charge is -2.41. The number of anilines is 1. The molecule has 6 nitrogen and oxygen atoms in total. The molecule has 2 aliphatic rings. The van der Waals surface area contributed by atoms with Gasteiger partial charge in [0.05, 0.1) is 10.7 Å². The number of nitrogens with one attached hydrogen (secondary N) is 2. The molecule has 1 atom stereocenters. The Morgan fingerprint density at radius 1 is 1.32 bits per heavy atom. The molecule has 0 spiro atoms. The van der Waals surface area contributed by atoms with E-state index >= 15 is 0 Å². The van der Waals surface area contributed by atoms with Gasteiger partial charge in [0.2, 0.25) is 5.76 Å². The Morgan fingerprint density at radius 2 is 2.14 bits per heavy atom. The zero-order valence-electron chi connectivity index (χ0n) is 16.4. The third kappa shape index (κ3) is 4.19. The first-order valence-electron chi connectivity index (χ1n) is 10.3. The van der Waals surface area contributed by atoms with Crippen LogP contribution >= 0.6 is 15.9 Å². The van der Waals surface area contributed by atoms with Crippen molar-refractivity contribution in [1.82, 2.24) is 15.2 Å². The first-order chi connectivity index (χ1) is 13.7. The van der Waals surface area contributed by atoms with Gasteiger partial charge in [-0.05, 0) is 80.5 Å². The van der Waals surface area contributed by atoms with E-state index in [4.69, 9.17) is 9.68 Å². The van der Waals surface area contributed by atoms with Crippen LogP contribution in [0.2, 0.25) is 0 Å². The van der Waals surface area contributed by atoms with Gasteiger partial charge in [-0.15, -0.1) is 0 Å². The van der Waals surface area contributed by atoms with Gasteiger partial charge in [-0.2, -0.15) is 5.26 Å². The van der Waals surface area contributed by atoms with Crippen LogP contribution in [0.1, 0.15) is 44.3 Å². The van der Waals surface area contributed by atoms with Gasteiger partial charge < -0.3 is 20.0 Å². The Kier molecular flexibility index (Phi) is 6.19. The molecule has 0 aromatic carbocycles. The summed E-state index contributed by atoms with van der Waals surface area (Å²) in [6.07, 6.45) is 9.21. The number of likely N-dealkylation sites (tertiary alicyclic amines) is 1. The van der Waals surface area contributed by atoms with E-state index in [-0.39, 0.29) is 0 Å². The maximum Gasteiger partial charge on any atom is 0.204 e. The highest BCUT2D eigenvalue weighted by atomic mass is 79.9. The SMILES string of the molecule is CNC[C@@H]1CCCN(C2CCC(Nc3ncc4oc(C#N)cc4c3Br)CC2)C1. The average Bonchev–Trinajstić information content (AvgIpc) is 3.16. The Hall–Kier alpha value is -1.62. The van der Waals surface area contributed by atoms with Gasteiger partial charge in [0.1, 0.15) is 11.9 Å². The first-order valence-corrected chi connectivity index (χ1v) is 11.1. The molecule has 1 saturated heterocycles. The van der Waals surface area contributed by atoms with Crippen LogP contribution in [0.4, 0.5) is 5.82 Å². The lowest BCUT2D eigenvalue weighted by molar-refractivity contribution is 0.0965. The predicted octanol–water partition coefficient (Wildman–Crippen LogP) is 4.12. The fourth-order valence-corrected chi connectivity index (χ4v) is 5.33. The minimum absolute atomic E-state index is 0.313. The minimum atomic E-state index is 0.313. The summed E-state index contributed by atoms with van der Waals surface area (Å²) in [4.78, 5) is 7.24. The third-order valence-corrected chi connectivity index (χ3v) is 7.03. The zero-order valence-corrected chi connectivity index (χ0v) is 18.0. The zero-order chi connectivity index (χ0) is 19.5. The normalized spacial score (nSPS) is 26.2. The number of pyridine rings is 1. The molecule has 2 fully saturated rings. The van der Waals surface area contributed by atoms with E-state index in [0.29, 0.717) is 17.4 Å². The average molecular weight is 446 g/mol. The van der Waals surface area contributed by atoms with Crippen molar-refractivity contribution >= 4 is 32.7 Å². The second-order valence-corrected chi connectivity index (χ2v) is 8.92. The number of piperidine rings is 1. The van der Waals surface area contributed by atoms with Crippen molar-refractivity contribution in [3.8, 4) is 6.07 Å². The molecule has 2 aromatic heterocycles. The number of halogens is 1. The third-order valence-electron chi connectivity index (χ3n) is 6.22. The number of nitrogens with zero attached hydrogens (tertiary/aromatic N) is 3. The molecule has 7 heteroatoms. The smallest absolute Gasteiger partial charge is 0.204 e. The number of hydrogen-bond acceptors (Lipinski definition) is 6. The molecule has 0 amide bonds. The van der Waals surface area contributed by atoms with E-state index in [1.165, 1.54) is 51.6 Å². The highest BCUT2D eigenvalue weighted by molar-refractivity contribution is 9.10. The summed E-state index contributed by atoms with van der Waals surface area (Å²) in [5, 5.41) is 16.9. The topological polar surface area (TPSA) is 77.1 Å². The van der Waals surface area contributed by atoms with Crippen molar-refractivity contribution < 1.29 is 4.42 Å². The molecule has 1 aliphatic carbocycles. The molecule has 0 bridgehead atoms. The van der Waals surface area contributed by atoms with Crippen LogP contribution in [0.5, 0.6) is 0 Å². The monoisotopic (exact) mass is 445 g/mol. The largest absolute Gasteiger partial charge is 0.444 e. The quantitative estimate of drug-likeness (QED) is 0.720. The highest BCUT2D eigenvalue weighted by Crippen LogP contribution is 2.34. The Bertz CT molecular complexity index is 850. The van der Waals surface area contributed by atoms with Gasteiger partial charge in [0.15, 0.2) is 5.58 Å². The van der Waals surface area contributed by atoms with Crippen LogP contribution < -0.4 is 10.6 Å².